The number of hydrogen-bond donors (Lipinski definition) is 1. The van der Waals surface area contributed by atoms with Gasteiger partial charge in [0.05, 0.1) is 6.04 Å². The van der Waals surface area contributed by atoms with E-state index in [-0.39, 0.29) is 0 Å². The van der Waals surface area contributed by atoms with Gasteiger partial charge in [-0.05, 0) is 61.9 Å². The van der Waals surface area contributed by atoms with Gasteiger partial charge in [-0.3, -0.25) is 0 Å². The standard InChI is InChI=1S/C19H21NS/c1-11-7-9-16-14-5-4-6-15(14)19(20-18(16)13(11)3)17-10-8-12(2)21-17/h4-5,7-10,14-15,19-20H,6H2,1-3H3. The fourth-order valence-corrected chi connectivity index (χ4v) is 4.83. The maximum absolute atomic E-state index is 3.88. The number of rotatable bonds is 1. The van der Waals surface area contributed by atoms with Crippen LogP contribution in [0.25, 0.3) is 0 Å². The molecule has 108 valence electrons. The van der Waals surface area contributed by atoms with E-state index in [0.717, 1.165) is 0 Å². The molecular formula is C19H21NS. The highest BCUT2D eigenvalue weighted by molar-refractivity contribution is 7.12. The van der Waals surface area contributed by atoms with Gasteiger partial charge in [0.25, 0.3) is 0 Å². The fraction of sp³-hybridized carbons (Fsp3) is 0.368. The van der Waals surface area contributed by atoms with Gasteiger partial charge < -0.3 is 5.32 Å². The second kappa shape index (κ2) is 4.74. The molecule has 0 amide bonds. The lowest BCUT2D eigenvalue weighted by Gasteiger charge is -2.38. The Balaban J connectivity index is 1.84. The number of hydrogen-bond acceptors (Lipinski definition) is 2. The van der Waals surface area contributed by atoms with Crippen LogP contribution in [-0.2, 0) is 0 Å². The number of allylic oxidation sites excluding steroid dienone is 2. The van der Waals surface area contributed by atoms with Crippen molar-refractivity contribution in [2.45, 2.75) is 39.2 Å². The number of aryl methyl sites for hydroxylation is 2. The minimum atomic E-state index is 0.455. The molecule has 1 aliphatic heterocycles. The van der Waals surface area contributed by atoms with Crippen molar-refractivity contribution in [3.05, 3.63) is 62.9 Å². The molecule has 21 heavy (non-hydrogen) atoms. The molecule has 1 aromatic carbocycles. The molecule has 1 N–H and O–H groups in total. The van der Waals surface area contributed by atoms with E-state index >= 15 is 0 Å². The van der Waals surface area contributed by atoms with Gasteiger partial charge in [-0.25, -0.2) is 0 Å². The highest BCUT2D eigenvalue weighted by Gasteiger charge is 2.38. The molecule has 0 fully saturated rings. The molecule has 0 saturated heterocycles. The van der Waals surface area contributed by atoms with Crippen LogP contribution in [0.4, 0.5) is 5.69 Å². The predicted octanol–water partition coefficient (Wildman–Crippen LogP) is 5.50. The monoisotopic (exact) mass is 295 g/mol. The van der Waals surface area contributed by atoms with Crippen molar-refractivity contribution in [1.29, 1.82) is 0 Å². The first-order valence-electron chi connectivity index (χ1n) is 7.75. The Morgan fingerprint density at radius 3 is 2.71 bits per heavy atom. The lowest BCUT2D eigenvalue weighted by atomic mass is 9.77. The van der Waals surface area contributed by atoms with Gasteiger partial charge in [-0.2, -0.15) is 0 Å². The average molecular weight is 295 g/mol. The summed E-state index contributed by atoms with van der Waals surface area (Å²) in [6.45, 7) is 6.65. The Hall–Kier alpha value is -1.54. The van der Waals surface area contributed by atoms with Crippen LogP contribution in [-0.4, -0.2) is 0 Å². The Labute approximate surface area is 130 Å². The summed E-state index contributed by atoms with van der Waals surface area (Å²) >= 11 is 1.94. The molecular weight excluding hydrogens is 274 g/mol. The molecule has 0 radical (unpaired) electrons. The van der Waals surface area contributed by atoms with E-state index in [1.807, 2.05) is 11.3 Å². The quantitative estimate of drug-likeness (QED) is 0.685. The summed E-state index contributed by atoms with van der Waals surface area (Å²) in [5.74, 6) is 1.24. The van der Waals surface area contributed by atoms with Crippen molar-refractivity contribution in [3.8, 4) is 0 Å². The van der Waals surface area contributed by atoms with Gasteiger partial charge in [0.1, 0.15) is 0 Å². The Morgan fingerprint density at radius 2 is 1.95 bits per heavy atom. The lowest BCUT2D eigenvalue weighted by Crippen LogP contribution is -2.29. The van der Waals surface area contributed by atoms with Crippen LogP contribution in [0.1, 0.15) is 44.8 Å². The molecule has 2 heteroatoms. The topological polar surface area (TPSA) is 12.0 Å². The summed E-state index contributed by atoms with van der Waals surface area (Å²) in [6, 6.07) is 9.61. The van der Waals surface area contributed by atoms with E-state index in [0.29, 0.717) is 17.9 Å². The maximum Gasteiger partial charge on any atom is 0.0646 e. The molecule has 0 bridgehead atoms. The molecule has 1 aromatic heterocycles. The van der Waals surface area contributed by atoms with Gasteiger partial charge in [-0.15, -0.1) is 11.3 Å². The third-order valence-electron chi connectivity index (χ3n) is 5.14. The fourth-order valence-electron chi connectivity index (χ4n) is 3.82. The average Bonchev–Trinajstić information content (AvgIpc) is 3.11. The van der Waals surface area contributed by atoms with E-state index in [4.69, 9.17) is 0 Å². The van der Waals surface area contributed by atoms with Crippen LogP contribution in [0.3, 0.4) is 0 Å². The van der Waals surface area contributed by atoms with E-state index < -0.39 is 0 Å². The van der Waals surface area contributed by atoms with Gasteiger partial charge in [0.15, 0.2) is 0 Å². The summed E-state index contributed by atoms with van der Waals surface area (Å²) in [5.41, 5.74) is 5.65. The SMILES string of the molecule is Cc1ccc(C2Nc3c(ccc(C)c3C)C3C=CCC32)s1. The molecule has 2 heterocycles. The molecule has 3 unspecified atom stereocenters. The smallest absolute Gasteiger partial charge is 0.0646 e. The predicted molar refractivity (Wildman–Crippen MR) is 91.3 cm³/mol. The summed E-state index contributed by atoms with van der Waals surface area (Å²) in [4.78, 5) is 2.89. The van der Waals surface area contributed by atoms with Crippen LogP contribution in [0, 0.1) is 26.7 Å². The van der Waals surface area contributed by atoms with Gasteiger partial charge >= 0.3 is 0 Å². The van der Waals surface area contributed by atoms with Gasteiger partial charge in [0, 0.05) is 21.4 Å². The molecule has 2 aromatic rings. The first-order chi connectivity index (χ1) is 10.1. The third kappa shape index (κ3) is 1.96. The molecule has 4 rings (SSSR count). The highest BCUT2D eigenvalue weighted by atomic mass is 32.1. The number of anilines is 1. The Kier molecular flexibility index (Phi) is 2.97. The largest absolute Gasteiger partial charge is 0.377 e. The summed E-state index contributed by atoms with van der Waals surface area (Å²) in [6.07, 6.45) is 5.98. The van der Waals surface area contributed by atoms with E-state index in [1.54, 1.807) is 0 Å². The molecule has 2 aliphatic rings. The summed E-state index contributed by atoms with van der Waals surface area (Å²) in [7, 11) is 0. The van der Waals surface area contributed by atoms with Crippen LogP contribution < -0.4 is 5.32 Å². The van der Waals surface area contributed by atoms with Crippen molar-refractivity contribution in [3.63, 3.8) is 0 Å². The zero-order valence-electron chi connectivity index (χ0n) is 12.8. The minimum absolute atomic E-state index is 0.455. The summed E-state index contributed by atoms with van der Waals surface area (Å²) < 4.78 is 0. The zero-order chi connectivity index (χ0) is 14.6. The first kappa shape index (κ1) is 13.1. The molecule has 0 spiro atoms. The number of thiophene rings is 1. The molecule has 1 aliphatic carbocycles. The highest BCUT2D eigenvalue weighted by Crippen LogP contribution is 2.51. The second-order valence-corrected chi connectivity index (χ2v) is 7.72. The molecule has 1 nitrogen and oxygen atoms in total. The van der Waals surface area contributed by atoms with E-state index in [1.165, 1.54) is 38.6 Å². The molecule has 0 saturated carbocycles. The van der Waals surface area contributed by atoms with E-state index in [9.17, 15) is 0 Å². The van der Waals surface area contributed by atoms with Crippen molar-refractivity contribution in [2.24, 2.45) is 5.92 Å². The van der Waals surface area contributed by atoms with Crippen LogP contribution >= 0.6 is 11.3 Å². The van der Waals surface area contributed by atoms with Crippen LogP contribution in [0.15, 0.2) is 36.4 Å². The van der Waals surface area contributed by atoms with Crippen molar-refractivity contribution in [2.75, 3.05) is 5.32 Å². The van der Waals surface area contributed by atoms with Crippen molar-refractivity contribution >= 4 is 17.0 Å². The van der Waals surface area contributed by atoms with Crippen LogP contribution in [0.5, 0.6) is 0 Å². The van der Waals surface area contributed by atoms with Crippen molar-refractivity contribution in [1.82, 2.24) is 0 Å². The van der Waals surface area contributed by atoms with E-state index in [2.05, 4.69) is 62.5 Å². The first-order valence-corrected chi connectivity index (χ1v) is 8.56. The summed E-state index contributed by atoms with van der Waals surface area (Å²) in [5, 5.41) is 3.88. The Bertz CT molecular complexity index is 725. The zero-order valence-corrected chi connectivity index (χ0v) is 13.6. The lowest BCUT2D eigenvalue weighted by molar-refractivity contribution is 0.429. The normalized spacial score (nSPS) is 26.3. The Morgan fingerprint density at radius 1 is 1.10 bits per heavy atom. The van der Waals surface area contributed by atoms with Gasteiger partial charge in [-0.1, -0.05) is 24.3 Å². The number of fused-ring (bicyclic) bond motifs is 3. The second-order valence-electron chi connectivity index (χ2n) is 6.40. The van der Waals surface area contributed by atoms with Gasteiger partial charge in [0.2, 0.25) is 0 Å². The minimum Gasteiger partial charge on any atom is -0.377 e. The van der Waals surface area contributed by atoms with Crippen molar-refractivity contribution < 1.29 is 0 Å². The maximum atomic E-state index is 3.88. The number of nitrogens with one attached hydrogen (secondary N) is 1. The van der Waals surface area contributed by atoms with Crippen LogP contribution in [0.2, 0.25) is 0 Å². The third-order valence-corrected chi connectivity index (χ3v) is 6.22. The number of benzene rings is 1. The molecule has 3 atom stereocenters.